The summed E-state index contributed by atoms with van der Waals surface area (Å²) in [5, 5.41) is 11.2. The normalized spacial score (nSPS) is 46.6. The van der Waals surface area contributed by atoms with Gasteiger partial charge in [0, 0.05) is 42.6 Å². The van der Waals surface area contributed by atoms with Crippen molar-refractivity contribution in [1.82, 2.24) is 0 Å². The Morgan fingerprint density at radius 2 is 1.70 bits per heavy atom. The van der Waals surface area contributed by atoms with Crippen LogP contribution in [0.15, 0.2) is 12.2 Å². The summed E-state index contributed by atoms with van der Waals surface area (Å²) in [5.74, 6) is -0.699. The van der Waals surface area contributed by atoms with E-state index >= 15 is 0 Å². The van der Waals surface area contributed by atoms with Gasteiger partial charge >= 0.3 is 11.9 Å². The van der Waals surface area contributed by atoms with Gasteiger partial charge in [-0.3, -0.25) is 14.4 Å². The van der Waals surface area contributed by atoms with E-state index in [1.807, 2.05) is 0 Å². The maximum absolute atomic E-state index is 13.5. The Labute approximate surface area is 178 Å². The van der Waals surface area contributed by atoms with Crippen LogP contribution in [0.25, 0.3) is 0 Å². The highest BCUT2D eigenvalue weighted by atomic mass is 16.5. The van der Waals surface area contributed by atoms with E-state index in [0.717, 1.165) is 12.8 Å². The maximum Gasteiger partial charge on any atom is 0.302 e. The van der Waals surface area contributed by atoms with E-state index in [0.29, 0.717) is 19.3 Å². The summed E-state index contributed by atoms with van der Waals surface area (Å²) in [6.07, 6.45) is 2.81. The molecule has 166 valence electrons. The number of hydrogen-bond acceptors (Lipinski definition) is 6. The van der Waals surface area contributed by atoms with Gasteiger partial charge in [-0.1, -0.05) is 27.4 Å². The summed E-state index contributed by atoms with van der Waals surface area (Å²) in [6, 6.07) is 0. The average molecular weight is 419 g/mol. The minimum atomic E-state index is -1.29. The van der Waals surface area contributed by atoms with Crippen molar-refractivity contribution in [3.63, 3.8) is 0 Å². The number of rotatable bonds is 2. The van der Waals surface area contributed by atoms with Crippen LogP contribution in [0.5, 0.6) is 0 Å². The molecule has 1 N–H and O–H groups in total. The summed E-state index contributed by atoms with van der Waals surface area (Å²) in [7, 11) is 0. The summed E-state index contributed by atoms with van der Waals surface area (Å²) in [5.41, 5.74) is -2.30. The Kier molecular flexibility index (Phi) is 4.60. The molecule has 0 aromatic carbocycles. The smallest absolute Gasteiger partial charge is 0.302 e. The molecule has 0 aromatic heterocycles. The van der Waals surface area contributed by atoms with Crippen molar-refractivity contribution in [3.8, 4) is 0 Å². The van der Waals surface area contributed by atoms with E-state index in [1.165, 1.54) is 13.8 Å². The molecule has 4 saturated carbocycles. The van der Waals surface area contributed by atoms with Crippen molar-refractivity contribution in [3.05, 3.63) is 12.2 Å². The quantitative estimate of drug-likeness (QED) is 0.546. The van der Waals surface area contributed by atoms with Crippen molar-refractivity contribution in [2.45, 2.75) is 91.0 Å². The fourth-order valence-electron chi connectivity index (χ4n) is 8.16. The number of carbonyl (C=O) groups is 3. The zero-order valence-corrected chi connectivity index (χ0v) is 18.7. The third-order valence-electron chi connectivity index (χ3n) is 9.09. The molecule has 0 saturated heterocycles. The number of esters is 2. The molecule has 0 aliphatic heterocycles. The Hall–Kier alpha value is -1.69. The fourth-order valence-corrected chi connectivity index (χ4v) is 8.16. The van der Waals surface area contributed by atoms with Gasteiger partial charge in [-0.15, -0.1) is 0 Å². The van der Waals surface area contributed by atoms with Crippen molar-refractivity contribution in [2.75, 3.05) is 0 Å². The number of ketones is 1. The first kappa shape index (κ1) is 21.5. The Bertz CT molecular complexity index is 830. The SMILES string of the molecule is C=C1C(=O)C23CCC4C(C)(C)C(OC(C)=O)CCC4(C)C2C(OC(C)=O)CC1(O)C3. The highest BCUT2D eigenvalue weighted by Gasteiger charge is 2.74. The average Bonchev–Trinajstić information content (AvgIpc) is 2.74. The molecule has 4 rings (SSSR count). The maximum atomic E-state index is 13.5. The van der Waals surface area contributed by atoms with Gasteiger partial charge in [0.1, 0.15) is 12.2 Å². The van der Waals surface area contributed by atoms with Gasteiger partial charge in [0.2, 0.25) is 0 Å². The number of fused-ring (bicyclic) bond motifs is 3. The lowest BCUT2D eigenvalue weighted by molar-refractivity contribution is -0.230. The summed E-state index contributed by atoms with van der Waals surface area (Å²) in [6.45, 7) is 13.3. The topological polar surface area (TPSA) is 89.9 Å². The number of carbonyl (C=O) groups excluding carboxylic acids is 3. The molecule has 0 amide bonds. The Balaban J connectivity index is 1.80. The number of Topliss-reactive ketones (excluding diaryl/α,β-unsaturated/α-hetero) is 1. The number of aliphatic hydroxyl groups is 1. The van der Waals surface area contributed by atoms with E-state index in [2.05, 4.69) is 27.4 Å². The van der Waals surface area contributed by atoms with Crippen LogP contribution in [0.1, 0.15) is 73.1 Å². The van der Waals surface area contributed by atoms with Crippen molar-refractivity contribution in [1.29, 1.82) is 0 Å². The third-order valence-corrected chi connectivity index (χ3v) is 9.09. The van der Waals surface area contributed by atoms with Crippen LogP contribution in [-0.4, -0.2) is 40.6 Å². The number of ether oxygens (including phenoxy) is 2. The molecular weight excluding hydrogens is 384 g/mol. The van der Waals surface area contributed by atoms with Crippen molar-refractivity contribution >= 4 is 17.7 Å². The van der Waals surface area contributed by atoms with Crippen LogP contribution in [0.2, 0.25) is 0 Å². The minimum Gasteiger partial charge on any atom is -0.462 e. The molecule has 0 radical (unpaired) electrons. The zero-order chi connectivity index (χ0) is 22.3. The summed E-state index contributed by atoms with van der Waals surface area (Å²) in [4.78, 5) is 37.2. The van der Waals surface area contributed by atoms with Crippen LogP contribution < -0.4 is 0 Å². The molecule has 0 aromatic rings. The molecule has 1 spiro atoms. The molecule has 4 aliphatic rings. The highest BCUT2D eigenvalue weighted by Crippen LogP contribution is 2.72. The molecule has 30 heavy (non-hydrogen) atoms. The third kappa shape index (κ3) is 2.68. The van der Waals surface area contributed by atoms with Crippen LogP contribution in [0.4, 0.5) is 0 Å². The largest absolute Gasteiger partial charge is 0.462 e. The molecule has 4 aliphatic carbocycles. The van der Waals surface area contributed by atoms with Gasteiger partial charge in [0.15, 0.2) is 5.78 Å². The monoisotopic (exact) mass is 418 g/mol. The first-order chi connectivity index (χ1) is 13.8. The predicted molar refractivity (Wildman–Crippen MR) is 109 cm³/mol. The molecule has 0 heterocycles. The molecule has 6 nitrogen and oxygen atoms in total. The number of hydrogen-bond donors (Lipinski definition) is 1. The van der Waals surface area contributed by atoms with Crippen LogP contribution >= 0.6 is 0 Å². The lowest BCUT2D eigenvalue weighted by atomic mass is 9.40. The van der Waals surface area contributed by atoms with Crippen LogP contribution in [-0.2, 0) is 23.9 Å². The lowest BCUT2D eigenvalue weighted by Gasteiger charge is -2.65. The molecule has 6 heteroatoms. The zero-order valence-electron chi connectivity index (χ0n) is 18.7. The summed E-state index contributed by atoms with van der Waals surface area (Å²) >= 11 is 0. The van der Waals surface area contributed by atoms with Gasteiger partial charge in [0.25, 0.3) is 0 Å². The van der Waals surface area contributed by atoms with Crippen LogP contribution in [0.3, 0.4) is 0 Å². The van der Waals surface area contributed by atoms with Gasteiger partial charge in [0.05, 0.1) is 5.60 Å². The Morgan fingerprint density at radius 3 is 2.30 bits per heavy atom. The first-order valence-electron chi connectivity index (χ1n) is 11.1. The van der Waals surface area contributed by atoms with Gasteiger partial charge in [-0.05, 0) is 43.4 Å². The van der Waals surface area contributed by atoms with Gasteiger partial charge in [-0.25, -0.2) is 0 Å². The highest BCUT2D eigenvalue weighted by molar-refractivity contribution is 6.05. The molecule has 4 fully saturated rings. The standard InChI is InChI=1S/C24H34O6/c1-13-20(27)23-10-7-17-21(4,5)18(30-15(3)26)8-9-22(17,6)19(23)16(29-14(2)25)11-24(13,28)12-23/h16-19,28H,1,7-12H2,2-6H3. The van der Waals surface area contributed by atoms with Crippen molar-refractivity contribution < 1.29 is 29.0 Å². The molecule has 7 unspecified atom stereocenters. The molecule has 2 bridgehead atoms. The predicted octanol–water partition coefficient (Wildman–Crippen LogP) is 3.35. The second kappa shape index (κ2) is 6.41. The summed E-state index contributed by atoms with van der Waals surface area (Å²) < 4.78 is 11.5. The molecule has 7 atom stereocenters. The van der Waals surface area contributed by atoms with Gasteiger partial charge in [-0.2, -0.15) is 0 Å². The fraction of sp³-hybridized carbons (Fsp3) is 0.792. The van der Waals surface area contributed by atoms with Crippen LogP contribution in [0, 0.1) is 28.1 Å². The minimum absolute atomic E-state index is 0.0516. The van der Waals surface area contributed by atoms with E-state index in [1.54, 1.807) is 0 Å². The van der Waals surface area contributed by atoms with E-state index in [4.69, 9.17) is 9.47 Å². The second-order valence-electron chi connectivity index (χ2n) is 11.1. The first-order valence-corrected chi connectivity index (χ1v) is 11.1. The van der Waals surface area contributed by atoms with E-state index in [9.17, 15) is 19.5 Å². The second-order valence-corrected chi connectivity index (χ2v) is 11.1. The van der Waals surface area contributed by atoms with Crippen molar-refractivity contribution in [2.24, 2.45) is 28.1 Å². The lowest BCUT2D eigenvalue weighted by Crippen LogP contribution is -2.65. The van der Waals surface area contributed by atoms with Gasteiger partial charge < -0.3 is 14.6 Å². The van der Waals surface area contributed by atoms with E-state index < -0.39 is 23.1 Å². The molecular formula is C24H34O6. The Morgan fingerprint density at radius 1 is 1.07 bits per heavy atom. The van der Waals surface area contributed by atoms with E-state index in [-0.39, 0.29) is 52.5 Å².